The summed E-state index contributed by atoms with van der Waals surface area (Å²) < 4.78 is 32.5. The molecule has 1 unspecified atom stereocenters. The Kier molecular flexibility index (Phi) is 4.19. The molecule has 2 aliphatic rings. The molecule has 23 heavy (non-hydrogen) atoms. The molecule has 1 aliphatic heterocycles. The van der Waals surface area contributed by atoms with Gasteiger partial charge in [-0.2, -0.15) is 0 Å². The molecular weight excluding hydrogens is 314 g/mol. The first-order valence-corrected chi connectivity index (χ1v) is 9.33. The second-order valence-corrected chi connectivity index (χ2v) is 8.02. The maximum absolute atomic E-state index is 12.4. The number of rotatable bonds is 3. The monoisotopic (exact) mass is 335 g/mol. The second kappa shape index (κ2) is 6.00. The fraction of sp³-hybridized carbons (Fsp3) is 0.471. The van der Waals surface area contributed by atoms with Gasteiger partial charge in [0, 0.05) is 12.3 Å². The van der Waals surface area contributed by atoms with E-state index in [4.69, 9.17) is 4.74 Å². The topological polar surface area (TPSA) is 72.5 Å². The van der Waals surface area contributed by atoms with E-state index in [-0.39, 0.29) is 10.8 Å². The summed E-state index contributed by atoms with van der Waals surface area (Å²) in [5, 5.41) is 0. The van der Waals surface area contributed by atoms with Gasteiger partial charge < -0.3 is 4.74 Å². The molecule has 5 nitrogen and oxygen atoms in total. The van der Waals surface area contributed by atoms with Gasteiger partial charge in [-0.3, -0.25) is 4.79 Å². The highest BCUT2D eigenvalue weighted by Gasteiger charge is 2.28. The maximum Gasteiger partial charge on any atom is 0.264 e. The second-order valence-electron chi connectivity index (χ2n) is 6.34. The number of carbonyl (C=O) groups excluding carboxylic acids is 1. The molecule has 1 aromatic rings. The number of hydrogen-bond acceptors (Lipinski definition) is 4. The number of hydrogen-bond donors (Lipinski definition) is 1. The molecule has 0 spiro atoms. The smallest absolute Gasteiger partial charge is 0.264 e. The van der Waals surface area contributed by atoms with Crippen molar-refractivity contribution >= 4 is 15.9 Å². The average Bonchev–Trinajstić information content (AvgIpc) is 2.97. The molecule has 124 valence electrons. The highest BCUT2D eigenvalue weighted by atomic mass is 32.2. The van der Waals surface area contributed by atoms with E-state index in [1.807, 2.05) is 6.92 Å². The van der Waals surface area contributed by atoms with Gasteiger partial charge in [0.1, 0.15) is 5.75 Å². The van der Waals surface area contributed by atoms with Gasteiger partial charge in [0.25, 0.3) is 10.0 Å². The lowest BCUT2D eigenvalue weighted by Crippen LogP contribution is -2.36. The van der Waals surface area contributed by atoms with Crippen molar-refractivity contribution in [3.05, 3.63) is 34.9 Å². The average molecular weight is 335 g/mol. The molecule has 0 saturated carbocycles. The van der Waals surface area contributed by atoms with E-state index in [0.29, 0.717) is 25.9 Å². The largest absolute Gasteiger partial charge is 0.493 e. The minimum absolute atomic E-state index is 0.120. The van der Waals surface area contributed by atoms with Gasteiger partial charge in [0.2, 0.25) is 5.91 Å². The van der Waals surface area contributed by atoms with E-state index in [2.05, 4.69) is 11.6 Å². The number of nitrogens with one attached hydrogen (secondary N) is 1. The lowest BCUT2D eigenvalue weighted by Gasteiger charge is -2.23. The molecule has 0 aromatic heterocycles. The molecule has 0 fully saturated rings. The zero-order valence-corrected chi connectivity index (χ0v) is 14.2. The summed E-state index contributed by atoms with van der Waals surface area (Å²) in [6.07, 6.45) is 2.87. The van der Waals surface area contributed by atoms with Crippen molar-refractivity contribution in [2.75, 3.05) is 6.61 Å². The lowest BCUT2D eigenvalue weighted by atomic mass is 9.85. The zero-order valence-electron chi connectivity index (χ0n) is 13.4. The minimum atomic E-state index is -3.83. The van der Waals surface area contributed by atoms with Crippen molar-refractivity contribution in [3.63, 3.8) is 0 Å². The highest BCUT2D eigenvalue weighted by molar-refractivity contribution is 7.90. The first-order chi connectivity index (χ1) is 10.9. The van der Waals surface area contributed by atoms with Crippen LogP contribution in [0, 0.1) is 5.92 Å². The Balaban J connectivity index is 1.75. The van der Waals surface area contributed by atoms with Crippen molar-refractivity contribution in [3.8, 4) is 5.75 Å². The van der Waals surface area contributed by atoms with Crippen LogP contribution in [0.4, 0.5) is 0 Å². The number of carbonyl (C=O) groups is 1. The number of ether oxygens (including phenoxy) is 1. The number of sulfonamides is 1. The number of benzene rings is 1. The van der Waals surface area contributed by atoms with Crippen LogP contribution in [-0.2, 0) is 21.2 Å². The summed E-state index contributed by atoms with van der Waals surface area (Å²) in [4.78, 5) is 12.5. The summed E-state index contributed by atoms with van der Waals surface area (Å²) in [5.41, 5.74) is 3.35. The Hall–Kier alpha value is -1.82. The first kappa shape index (κ1) is 16.1. The Morgan fingerprint density at radius 3 is 2.74 bits per heavy atom. The zero-order chi connectivity index (χ0) is 16.6. The van der Waals surface area contributed by atoms with Crippen LogP contribution in [-0.4, -0.2) is 20.9 Å². The minimum Gasteiger partial charge on any atom is -0.493 e. The summed E-state index contributed by atoms with van der Waals surface area (Å²) in [6, 6.07) is 4.72. The first-order valence-electron chi connectivity index (χ1n) is 7.84. The molecule has 1 heterocycles. The molecule has 1 amide bonds. The van der Waals surface area contributed by atoms with E-state index in [1.165, 1.54) is 17.2 Å². The Bertz CT molecular complexity index is 780. The molecule has 3 rings (SSSR count). The van der Waals surface area contributed by atoms with E-state index in [0.717, 1.165) is 17.7 Å². The Labute approximate surface area is 136 Å². The SMILES string of the molecule is CC1=C(C)CC(C(=O)NS(=O)(=O)c2ccc3c(c2)CCO3)CC1. The van der Waals surface area contributed by atoms with Crippen molar-refractivity contribution in [2.45, 2.75) is 44.4 Å². The van der Waals surface area contributed by atoms with Gasteiger partial charge in [0.15, 0.2) is 0 Å². The van der Waals surface area contributed by atoms with Crippen molar-refractivity contribution in [2.24, 2.45) is 5.92 Å². The summed E-state index contributed by atoms with van der Waals surface area (Å²) in [6.45, 7) is 4.63. The molecule has 1 N–H and O–H groups in total. The maximum atomic E-state index is 12.4. The number of amides is 1. The van der Waals surface area contributed by atoms with Crippen molar-refractivity contribution in [1.29, 1.82) is 0 Å². The van der Waals surface area contributed by atoms with Gasteiger partial charge in [-0.1, -0.05) is 11.1 Å². The van der Waals surface area contributed by atoms with Gasteiger partial charge in [-0.25, -0.2) is 13.1 Å². The molecule has 0 saturated heterocycles. The van der Waals surface area contributed by atoms with E-state index < -0.39 is 15.9 Å². The lowest BCUT2D eigenvalue weighted by molar-refractivity contribution is -0.123. The molecule has 0 bridgehead atoms. The van der Waals surface area contributed by atoms with Gasteiger partial charge >= 0.3 is 0 Å². The third kappa shape index (κ3) is 3.27. The molecule has 1 aromatic carbocycles. The van der Waals surface area contributed by atoms with Gasteiger partial charge in [0.05, 0.1) is 11.5 Å². The van der Waals surface area contributed by atoms with E-state index >= 15 is 0 Å². The summed E-state index contributed by atoms with van der Waals surface area (Å²) in [7, 11) is -3.83. The van der Waals surface area contributed by atoms with E-state index in [9.17, 15) is 13.2 Å². The fourth-order valence-corrected chi connectivity index (χ4v) is 4.17. The van der Waals surface area contributed by atoms with Crippen LogP contribution in [0.2, 0.25) is 0 Å². The number of allylic oxidation sites excluding steroid dienone is 2. The molecular formula is C17H21NO4S. The van der Waals surface area contributed by atoms with Crippen LogP contribution in [0.5, 0.6) is 5.75 Å². The van der Waals surface area contributed by atoms with Crippen LogP contribution in [0.3, 0.4) is 0 Å². The normalized spacial score (nSPS) is 20.9. The molecule has 1 atom stereocenters. The third-order valence-corrected chi connectivity index (χ3v) is 6.07. The van der Waals surface area contributed by atoms with E-state index in [1.54, 1.807) is 12.1 Å². The Morgan fingerprint density at radius 2 is 2.00 bits per heavy atom. The van der Waals surface area contributed by atoms with Crippen molar-refractivity contribution in [1.82, 2.24) is 4.72 Å². The summed E-state index contributed by atoms with van der Waals surface area (Å²) in [5.74, 6) is 0.0404. The molecule has 6 heteroatoms. The quantitative estimate of drug-likeness (QED) is 0.862. The van der Waals surface area contributed by atoms with Crippen LogP contribution in [0.25, 0.3) is 0 Å². The third-order valence-electron chi connectivity index (χ3n) is 4.73. The highest BCUT2D eigenvalue weighted by Crippen LogP contribution is 2.30. The standard InChI is InChI=1S/C17H21NO4S/c1-11-3-4-14(9-12(11)2)17(19)18-23(20,21)15-5-6-16-13(10-15)7-8-22-16/h5-6,10,14H,3-4,7-9H2,1-2H3,(H,18,19). The van der Waals surface area contributed by atoms with Crippen molar-refractivity contribution < 1.29 is 17.9 Å². The van der Waals surface area contributed by atoms with Crippen LogP contribution >= 0.6 is 0 Å². The molecule has 0 radical (unpaired) electrons. The predicted molar refractivity (Wildman–Crippen MR) is 86.7 cm³/mol. The van der Waals surface area contributed by atoms with Crippen LogP contribution in [0.15, 0.2) is 34.2 Å². The van der Waals surface area contributed by atoms with Gasteiger partial charge in [-0.05, 0) is 56.9 Å². The predicted octanol–water partition coefficient (Wildman–Crippen LogP) is 2.56. The fourth-order valence-electron chi connectivity index (χ4n) is 3.08. The van der Waals surface area contributed by atoms with Gasteiger partial charge in [-0.15, -0.1) is 0 Å². The molecule has 1 aliphatic carbocycles. The van der Waals surface area contributed by atoms with Crippen LogP contribution < -0.4 is 9.46 Å². The summed E-state index contributed by atoms with van der Waals surface area (Å²) >= 11 is 0. The number of fused-ring (bicyclic) bond motifs is 1. The van der Waals surface area contributed by atoms with Crippen LogP contribution in [0.1, 0.15) is 38.7 Å². The Morgan fingerprint density at radius 1 is 1.22 bits per heavy atom.